The van der Waals surface area contributed by atoms with Crippen LogP contribution >= 0.6 is 11.6 Å². The SMILES string of the molecule is O=C(Nc1ccc(F)cc1)C(=O)Nc1cccc(Cl)c1. The minimum Gasteiger partial charge on any atom is -0.318 e. The minimum absolute atomic E-state index is 0.331. The summed E-state index contributed by atoms with van der Waals surface area (Å²) in [5.41, 5.74) is 0.745. The summed E-state index contributed by atoms with van der Waals surface area (Å²) in [6.07, 6.45) is 0. The Morgan fingerprint density at radius 2 is 1.50 bits per heavy atom. The molecule has 2 aromatic rings. The Labute approximate surface area is 119 Å². The molecule has 6 heteroatoms. The molecule has 0 aliphatic carbocycles. The predicted octanol–water partition coefficient (Wildman–Crippen LogP) is 3.06. The Hall–Kier alpha value is -2.40. The number of rotatable bonds is 2. The summed E-state index contributed by atoms with van der Waals surface area (Å²) >= 11 is 5.77. The number of nitrogens with one attached hydrogen (secondary N) is 2. The van der Waals surface area contributed by atoms with Crippen molar-refractivity contribution >= 4 is 34.8 Å². The van der Waals surface area contributed by atoms with E-state index in [-0.39, 0.29) is 0 Å². The quantitative estimate of drug-likeness (QED) is 0.836. The van der Waals surface area contributed by atoms with Gasteiger partial charge in [-0.2, -0.15) is 0 Å². The highest BCUT2D eigenvalue weighted by molar-refractivity contribution is 6.43. The largest absolute Gasteiger partial charge is 0.318 e. The maximum absolute atomic E-state index is 12.7. The predicted molar refractivity (Wildman–Crippen MR) is 75.1 cm³/mol. The Kier molecular flexibility index (Phi) is 4.32. The highest BCUT2D eigenvalue weighted by atomic mass is 35.5. The number of anilines is 2. The van der Waals surface area contributed by atoms with Crippen LogP contribution in [0.5, 0.6) is 0 Å². The van der Waals surface area contributed by atoms with E-state index >= 15 is 0 Å². The van der Waals surface area contributed by atoms with Gasteiger partial charge in [-0.3, -0.25) is 9.59 Å². The second-order valence-corrected chi connectivity index (χ2v) is 4.36. The van der Waals surface area contributed by atoms with Gasteiger partial charge in [-0.25, -0.2) is 4.39 Å². The third-order valence-electron chi connectivity index (χ3n) is 2.39. The average molecular weight is 293 g/mol. The fourth-order valence-corrected chi connectivity index (χ4v) is 1.67. The van der Waals surface area contributed by atoms with Crippen molar-refractivity contribution in [3.05, 3.63) is 59.4 Å². The molecule has 0 heterocycles. The van der Waals surface area contributed by atoms with Crippen molar-refractivity contribution < 1.29 is 14.0 Å². The van der Waals surface area contributed by atoms with Gasteiger partial charge in [0.25, 0.3) is 0 Å². The molecule has 0 aliphatic rings. The van der Waals surface area contributed by atoms with E-state index in [9.17, 15) is 14.0 Å². The van der Waals surface area contributed by atoms with E-state index in [2.05, 4.69) is 10.6 Å². The number of carbonyl (C=O) groups is 2. The third-order valence-corrected chi connectivity index (χ3v) is 2.63. The number of hydrogen-bond acceptors (Lipinski definition) is 2. The molecule has 0 saturated heterocycles. The fraction of sp³-hybridized carbons (Fsp3) is 0. The zero-order valence-electron chi connectivity index (χ0n) is 10.2. The van der Waals surface area contributed by atoms with Crippen LogP contribution in [0.2, 0.25) is 5.02 Å². The molecule has 0 atom stereocenters. The van der Waals surface area contributed by atoms with Gasteiger partial charge in [-0.1, -0.05) is 17.7 Å². The monoisotopic (exact) mass is 292 g/mol. The van der Waals surface area contributed by atoms with Crippen LogP contribution in [0.25, 0.3) is 0 Å². The van der Waals surface area contributed by atoms with Gasteiger partial charge in [0.2, 0.25) is 0 Å². The van der Waals surface area contributed by atoms with Crippen molar-refractivity contribution in [3.63, 3.8) is 0 Å². The number of halogens is 2. The molecule has 0 aliphatic heterocycles. The van der Waals surface area contributed by atoms with Gasteiger partial charge < -0.3 is 10.6 Å². The highest BCUT2D eigenvalue weighted by Gasteiger charge is 2.14. The van der Waals surface area contributed by atoms with Crippen molar-refractivity contribution in [3.8, 4) is 0 Å². The lowest BCUT2D eigenvalue weighted by Crippen LogP contribution is -2.29. The summed E-state index contributed by atoms with van der Waals surface area (Å²) in [4.78, 5) is 23.3. The summed E-state index contributed by atoms with van der Waals surface area (Å²) in [6, 6.07) is 11.5. The smallest absolute Gasteiger partial charge is 0.314 e. The maximum atomic E-state index is 12.7. The summed E-state index contributed by atoms with van der Waals surface area (Å²) in [5.74, 6) is -2.11. The molecule has 2 aromatic carbocycles. The minimum atomic E-state index is -0.850. The number of benzene rings is 2. The van der Waals surface area contributed by atoms with Crippen LogP contribution in [0.1, 0.15) is 0 Å². The molecule has 2 amide bonds. The Balaban J connectivity index is 1.98. The van der Waals surface area contributed by atoms with E-state index in [1.807, 2.05) is 0 Å². The molecule has 0 bridgehead atoms. The third kappa shape index (κ3) is 3.80. The molecule has 0 fully saturated rings. The molecule has 0 unspecified atom stereocenters. The van der Waals surface area contributed by atoms with E-state index in [0.29, 0.717) is 16.4 Å². The van der Waals surface area contributed by atoms with Crippen molar-refractivity contribution in [2.75, 3.05) is 10.6 Å². The lowest BCUT2D eigenvalue weighted by Gasteiger charge is -2.06. The van der Waals surface area contributed by atoms with Gasteiger partial charge in [-0.05, 0) is 42.5 Å². The van der Waals surface area contributed by atoms with E-state index in [0.717, 1.165) is 0 Å². The highest BCUT2D eigenvalue weighted by Crippen LogP contribution is 2.15. The molecule has 4 nitrogen and oxygen atoms in total. The molecule has 0 spiro atoms. The lowest BCUT2D eigenvalue weighted by molar-refractivity contribution is -0.132. The van der Waals surface area contributed by atoms with Crippen molar-refractivity contribution in [1.29, 1.82) is 0 Å². The second-order valence-electron chi connectivity index (χ2n) is 3.93. The molecule has 20 heavy (non-hydrogen) atoms. The molecular formula is C14H10ClFN2O2. The van der Waals surface area contributed by atoms with Crippen LogP contribution in [0.4, 0.5) is 15.8 Å². The maximum Gasteiger partial charge on any atom is 0.314 e. The van der Waals surface area contributed by atoms with E-state index in [4.69, 9.17) is 11.6 Å². The lowest BCUT2D eigenvalue weighted by atomic mass is 10.3. The Morgan fingerprint density at radius 1 is 0.900 bits per heavy atom. The van der Waals surface area contributed by atoms with Crippen LogP contribution in [-0.4, -0.2) is 11.8 Å². The van der Waals surface area contributed by atoms with Gasteiger partial charge in [0.1, 0.15) is 5.82 Å². The number of carbonyl (C=O) groups excluding carboxylic acids is 2. The zero-order valence-corrected chi connectivity index (χ0v) is 10.9. The van der Waals surface area contributed by atoms with E-state index in [1.165, 1.54) is 30.3 Å². The average Bonchev–Trinajstić information content (AvgIpc) is 2.41. The normalized spacial score (nSPS) is 9.90. The van der Waals surface area contributed by atoms with E-state index in [1.54, 1.807) is 18.2 Å². The Morgan fingerprint density at radius 3 is 2.10 bits per heavy atom. The van der Waals surface area contributed by atoms with E-state index < -0.39 is 17.6 Å². The topological polar surface area (TPSA) is 58.2 Å². The molecule has 2 rings (SSSR count). The molecule has 0 radical (unpaired) electrons. The van der Waals surface area contributed by atoms with Crippen molar-refractivity contribution in [2.45, 2.75) is 0 Å². The van der Waals surface area contributed by atoms with Crippen LogP contribution in [-0.2, 0) is 9.59 Å². The van der Waals surface area contributed by atoms with Crippen LogP contribution in [0.3, 0.4) is 0 Å². The first-order chi connectivity index (χ1) is 9.54. The van der Waals surface area contributed by atoms with Gasteiger partial charge in [0, 0.05) is 16.4 Å². The van der Waals surface area contributed by atoms with Crippen LogP contribution < -0.4 is 10.6 Å². The fourth-order valence-electron chi connectivity index (χ4n) is 1.48. The summed E-state index contributed by atoms with van der Waals surface area (Å²) in [7, 11) is 0. The second kappa shape index (κ2) is 6.16. The first-order valence-electron chi connectivity index (χ1n) is 5.68. The van der Waals surface area contributed by atoms with Crippen molar-refractivity contribution in [2.24, 2.45) is 0 Å². The van der Waals surface area contributed by atoms with Gasteiger partial charge in [-0.15, -0.1) is 0 Å². The number of amides is 2. The molecule has 0 saturated carbocycles. The molecular weight excluding hydrogens is 283 g/mol. The summed E-state index contributed by atoms with van der Waals surface area (Å²) in [5, 5.41) is 5.20. The summed E-state index contributed by atoms with van der Waals surface area (Å²) < 4.78 is 12.7. The molecule has 2 N–H and O–H groups in total. The first-order valence-corrected chi connectivity index (χ1v) is 6.06. The van der Waals surface area contributed by atoms with Gasteiger partial charge in [0.15, 0.2) is 0 Å². The van der Waals surface area contributed by atoms with Gasteiger partial charge >= 0.3 is 11.8 Å². The number of hydrogen-bond donors (Lipinski definition) is 2. The van der Waals surface area contributed by atoms with Crippen molar-refractivity contribution in [1.82, 2.24) is 0 Å². The van der Waals surface area contributed by atoms with Crippen LogP contribution in [0, 0.1) is 5.82 Å². The molecule has 0 aromatic heterocycles. The standard InChI is InChI=1S/C14H10ClFN2O2/c15-9-2-1-3-12(8-9)18-14(20)13(19)17-11-6-4-10(16)5-7-11/h1-8H,(H,17,19)(H,18,20). The summed E-state index contributed by atoms with van der Waals surface area (Å²) in [6.45, 7) is 0. The molecule has 102 valence electrons. The van der Waals surface area contributed by atoms with Crippen LogP contribution in [0.15, 0.2) is 48.5 Å². The Bertz CT molecular complexity index is 644. The zero-order chi connectivity index (χ0) is 14.5. The first kappa shape index (κ1) is 14.0. The van der Waals surface area contributed by atoms with Gasteiger partial charge in [0.05, 0.1) is 0 Å².